The van der Waals surface area contributed by atoms with Crippen LogP contribution in [-0.2, 0) is 15.8 Å². The molecule has 0 aliphatic carbocycles. The SMILES string of the molecule is O=C1C(Cl)=C(Nc2ccc(Br)cc2)C(=O)N1c1cccc(C(F)(F)F)c1. The van der Waals surface area contributed by atoms with E-state index in [0.717, 1.165) is 22.7 Å². The Bertz CT molecular complexity index is 926. The van der Waals surface area contributed by atoms with Gasteiger partial charge in [0.1, 0.15) is 10.7 Å². The molecule has 0 aromatic heterocycles. The monoisotopic (exact) mass is 444 g/mol. The van der Waals surface area contributed by atoms with Gasteiger partial charge in [0.05, 0.1) is 11.3 Å². The van der Waals surface area contributed by atoms with Crippen molar-refractivity contribution in [2.75, 3.05) is 10.2 Å². The van der Waals surface area contributed by atoms with E-state index in [-0.39, 0.29) is 11.4 Å². The highest BCUT2D eigenvalue weighted by Gasteiger charge is 2.40. The van der Waals surface area contributed by atoms with Gasteiger partial charge in [0.15, 0.2) is 0 Å². The highest BCUT2D eigenvalue weighted by molar-refractivity contribution is 9.10. The summed E-state index contributed by atoms with van der Waals surface area (Å²) in [4.78, 5) is 25.5. The van der Waals surface area contributed by atoms with Gasteiger partial charge in [0.2, 0.25) is 0 Å². The number of amides is 2. The molecule has 1 aliphatic heterocycles. The van der Waals surface area contributed by atoms with Crippen LogP contribution >= 0.6 is 27.5 Å². The molecule has 0 spiro atoms. The lowest BCUT2D eigenvalue weighted by Crippen LogP contribution is -2.32. The van der Waals surface area contributed by atoms with Crippen LogP contribution in [0, 0.1) is 0 Å². The third-order valence-electron chi connectivity index (χ3n) is 3.57. The van der Waals surface area contributed by atoms with Crippen LogP contribution in [0.4, 0.5) is 24.5 Å². The van der Waals surface area contributed by atoms with Crippen LogP contribution in [0.3, 0.4) is 0 Å². The Morgan fingerprint density at radius 1 is 1.00 bits per heavy atom. The van der Waals surface area contributed by atoms with Gasteiger partial charge in [-0.25, -0.2) is 4.90 Å². The lowest BCUT2D eigenvalue weighted by Gasteiger charge is -2.17. The average Bonchev–Trinajstić information content (AvgIpc) is 2.80. The third kappa shape index (κ3) is 3.47. The minimum Gasteiger partial charge on any atom is -0.350 e. The number of halogens is 5. The van der Waals surface area contributed by atoms with Gasteiger partial charge in [0, 0.05) is 10.2 Å². The fourth-order valence-corrected chi connectivity index (χ4v) is 2.82. The summed E-state index contributed by atoms with van der Waals surface area (Å²) in [7, 11) is 0. The van der Waals surface area contributed by atoms with Crippen molar-refractivity contribution >= 4 is 50.7 Å². The van der Waals surface area contributed by atoms with Crippen molar-refractivity contribution in [1.82, 2.24) is 0 Å². The zero-order valence-corrected chi connectivity index (χ0v) is 15.1. The number of carbonyl (C=O) groups is 2. The van der Waals surface area contributed by atoms with Gasteiger partial charge in [-0.2, -0.15) is 13.2 Å². The van der Waals surface area contributed by atoms with Crippen molar-refractivity contribution in [2.45, 2.75) is 6.18 Å². The van der Waals surface area contributed by atoms with E-state index < -0.39 is 28.6 Å². The molecule has 0 saturated carbocycles. The second kappa shape index (κ2) is 6.77. The van der Waals surface area contributed by atoms with Crippen LogP contribution in [0.15, 0.2) is 63.7 Å². The maximum absolute atomic E-state index is 12.9. The maximum atomic E-state index is 12.9. The minimum absolute atomic E-state index is 0.198. The van der Waals surface area contributed by atoms with Crippen molar-refractivity contribution in [3.63, 3.8) is 0 Å². The number of nitrogens with zero attached hydrogens (tertiary/aromatic N) is 1. The first-order valence-corrected chi connectivity index (χ1v) is 8.34. The molecular weight excluding hydrogens is 437 g/mol. The molecule has 2 amide bonds. The molecule has 9 heteroatoms. The highest BCUT2D eigenvalue weighted by atomic mass is 79.9. The van der Waals surface area contributed by atoms with Crippen LogP contribution in [-0.4, -0.2) is 11.8 Å². The summed E-state index contributed by atoms with van der Waals surface area (Å²) in [6.45, 7) is 0. The van der Waals surface area contributed by atoms with Crippen molar-refractivity contribution in [2.24, 2.45) is 0 Å². The van der Waals surface area contributed by atoms with E-state index in [0.29, 0.717) is 10.6 Å². The van der Waals surface area contributed by atoms with E-state index in [2.05, 4.69) is 21.2 Å². The predicted octanol–water partition coefficient (Wildman–Crippen LogP) is 4.90. The number of imide groups is 1. The molecule has 1 N–H and O–H groups in total. The normalized spacial score (nSPS) is 15.0. The number of hydrogen-bond donors (Lipinski definition) is 1. The number of hydrogen-bond acceptors (Lipinski definition) is 3. The largest absolute Gasteiger partial charge is 0.416 e. The highest BCUT2D eigenvalue weighted by Crippen LogP contribution is 2.35. The molecule has 3 rings (SSSR count). The predicted molar refractivity (Wildman–Crippen MR) is 94.6 cm³/mol. The summed E-state index contributed by atoms with van der Waals surface area (Å²) in [5, 5.41) is 2.34. The quantitative estimate of drug-likeness (QED) is 0.684. The second-order valence-corrected chi connectivity index (χ2v) is 6.61. The van der Waals surface area contributed by atoms with Crippen molar-refractivity contribution in [3.8, 4) is 0 Å². The Morgan fingerprint density at radius 3 is 2.27 bits per heavy atom. The third-order valence-corrected chi connectivity index (χ3v) is 4.45. The first-order chi connectivity index (χ1) is 12.2. The summed E-state index contributed by atoms with van der Waals surface area (Å²) in [5.41, 5.74) is -0.883. The Labute approximate surface area is 159 Å². The summed E-state index contributed by atoms with van der Waals surface area (Å²) in [6, 6.07) is 10.6. The van der Waals surface area contributed by atoms with Gasteiger partial charge in [-0.05, 0) is 42.5 Å². The molecule has 0 bridgehead atoms. The summed E-state index contributed by atoms with van der Waals surface area (Å²) in [6.07, 6.45) is -4.60. The van der Waals surface area contributed by atoms with Gasteiger partial charge >= 0.3 is 6.18 Å². The lowest BCUT2D eigenvalue weighted by molar-refractivity contribution is -0.137. The molecule has 2 aromatic rings. The number of alkyl halides is 3. The number of carbonyl (C=O) groups excluding carboxylic acids is 2. The van der Waals surface area contributed by atoms with Gasteiger partial charge in [-0.1, -0.05) is 33.6 Å². The minimum atomic E-state index is -4.60. The molecule has 2 aromatic carbocycles. The topological polar surface area (TPSA) is 49.4 Å². The van der Waals surface area contributed by atoms with Crippen molar-refractivity contribution < 1.29 is 22.8 Å². The first-order valence-electron chi connectivity index (χ1n) is 7.17. The molecule has 1 aliphatic rings. The maximum Gasteiger partial charge on any atom is 0.416 e. The van der Waals surface area contributed by atoms with Crippen LogP contribution < -0.4 is 10.2 Å². The Kier molecular flexibility index (Phi) is 4.81. The van der Waals surface area contributed by atoms with E-state index in [1.165, 1.54) is 6.07 Å². The van der Waals surface area contributed by atoms with Crippen LogP contribution in [0.25, 0.3) is 0 Å². The number of anilines is 2. The van der Waals surface area contributed by atoms with E-state index in [9.17, 15) is 22.8 Å². The van der Waals surface area contributed by atoms with Crippen molar-refractivity contribution in [1.29, 1.82) is 0 Å². The summed E-state index contributed by atoms with van der Waals surface area (Å²) < 4.78 is 39.5. The van der Waals surface area contributed by atoms with Crippen molar-refractivity contribution in [3.05, 3.63) is 69.3 Å². The molecular formula is C17H9BrClF3N2O2. The van der Waals surface area contributed by atoms with E-state index in [1.54, 1.807) is 24.3 Å². The Hall–Kier alpha value is -2.32. The Balaban J connectivity index is 1.92. The molecule has 0 atom stereocenters. The molecule has 0 radical (unpaired) electrons. The first kappa shape index (κ1) is 18.5. The molecule has 0 unspecified atom stereocenters. The van der Waals surface area contributed by atoms with E-state index in [1.807, 2.05) is 0 Å². The second-order valence-electron chi connectivity index (χ2n) is 5.31. The van der Waals surface area contributed by atoms with Gasteiger partial charge < -0.3 is 5.32 Å². The molecule has 134 valence electrons. The summed E-state index contributed by atoms with van der Waals surface area (Å²) in [5.74, 6) is -1.72. The molecule has 0 saturated heterocycles. The average molecular weight is 446 g/mol. The summed E-state index contributed by atoms with van der Waals surface area (Å²) >= 11 is 9.22. The number of nitrogens with one attached hydrogen (secondary N) is 1. The van der Waals surface area contributed by atoms with E-state index in [4.69, 9.17) is 11.6 Å². The fraction of sp³-hybridized carbons (Fsp3) is 0.0588. The molecule has 26 heavy (non-hydrogen) atoms. The Morgan fingerprint density at radius 2 is 1.65 bits per heavy atom. The molecule has 0 fully saturated rings. The zero-order chi connectivity index (χ0) is 19.1. The van der Waals surface area contributed by atoms with Crippen LogP contribution in [0.1, 0.15) is 5.56 Å². The standard InChI is InChI=1S/C17H9BrClF3N2O2/c18-10-4-6-11(7-5-10)23-14-13(19)15(25)24(16(14)26)12-3-1-2-9(8-12)17(20,21)22/h1-8,23H. The van der Waals surface area contributed by atoms with Gasteiger partial charge in [-0.15, -0.1) is 0 Å². The number of rotatable bonds is 3. The fourth-order valence-electron chi connectivity index (χ4n) is 2.34. The lowest BCUT2D eigenvalue weighted by atomic mass is 10.2. The molecule has 1 heterocycles. The van der Waals surface area contributed by atoms with E-state index >= 15 is 0 Å². The van der Waals surface area contributed by atoms with Crippen LogP contribution in [0.5, 0.6) is 0 Å². The number of benzene rings is 2. The van der Waals surface area contributed by atoms with Gasteiger partial charge in [-0.3, -0.25) is 9.59 Å². The zero-order valence-electron chi connectivity index (χ0n) is 12.8. The molecule has 4 nitrogen and oxygen atoms in total. The smallest absolute Gasteiger partial charge is 0.350 e. The van der Waals surface area contributed by atoms with Crippen LogP contribution in [0.2, 0.25) is 0 Å². The van der Waals surface area contributed by atoms with Gasteiger partial charge in [0.25, 0.3) is 11.8 Å².